The lowest BCUT2D eigenvalue weighted by atomic mass is 10.2. The molecule has 0 aliphatic heterocycles. The van der Waals surface area contributed by atoms with Crippen LogP contribution in [0.15, 0.2) is 42.5 Å². The number of benzene rings is 2. The number of carbonyl (C=O) groups is 1. The molecule has 0 spiro atoms. The molecule has 0 atom stereocenters. The monoisotopic (exact) mass is 293 g/mol. The van der Waals surface area contributed by atoms with E-state index in [4.69, 9.17) is 9.47 Å². The molecule has 2 aromatic carbocycles. The quantitative estimate of drug-likeness (QED) is 0.819. The molecule has 0 aromatic heterocycles. The van der Waals surface area contributed by atoms with Gasteiger partial charge in [0.15, 0.2) is 0 Å². The van der Waals surface area contributed by atoms with Crippen molar-refractivity contribution in [3.63, 3.8) is 0 Å². The van der Waals surface area contributed by atoms with E-state index in [-0.39, 0.29) is 5.56 Å². The van der Waals surface area contributed by atoms with Gasteiger partial charge in [-0.25, -0.2) is 8.78 Å². The molecule has 0 saturated carbocycles. The van der Waals surface area contributed by atoms with Crippen LogP contribution in [-0.2, 0) is 4.79 Å². The molecular weight excluding hydrogens is 280 g/mol. The molecule has 0 unspecified atom stereocenters. The summed E-state index contributed by atoms with van der Waals surface area (Å²) < 4.78 is 35.5. The highest BCUT2D eigenvalue weighted by molar-refractivity contribution is 5.76. The molecule has 1 N–H and O–H groups in total. The molecule has 0 bridgehead atoms. The lowest BCUT2D eigenvalue weighted by Crippen LogP contribution is -1.97. The van der Waals surface area contributed by atoms with Crippen LogP contribution in [0.25, 0.3) is 0 Å². The van der Waals surface area contributed by atoms with Gasteiger partial charge in [0.25, 0.3) is 6.43 Å². The van der Waals surface area contributed by atoms with Gasteiger partial charge >= 0.3 is 0 Å². The highest BCUT2D eigenvalue weighted by Crippen LogP contribution is 2.31. The molecule has 2 aromatic rings. The third-order valence-electron chi connectivity index (χ3n) is 2.75. The molecule has 1 amide bonds. The summed E-state index contributed by atoms with van der Waals surface area (Å²) in [5.74, 6) is 1.36. The third-order valence-corrected chi connectivity index (χ3v) is 2.75. The summed E-state index contributed by atoms with van der Waals surface area (Å²) in [7, 11) is 1.48. The van der Waals surface area contributed by atoms with Crippen LogP contribution >= 0.6 is 0 Å². The fraction of sp³-hybridized carbons (Fsp3) is 0.133. The summed E-state index contributed by atoms with van der Waals surface area (Å²) in [4.78, 5) is 10.5. The second-order valence-electron chi connectivity index (χ2n) is 4.10. The predicted octanol–water partition coefficient (Wildman–Crippen LogP) is 3.99. The Bertz CT molecular complexity index is 615. The maximum absolute atomic E-state index is 12.5. The first-order chi connectivity index (χ1) is 10.1. The summed E-state index contributed by atoms with van der Waals surface area (Å²) in [5, 5.41) is 2.49. The van der Waals surface area contributed by atoms with Crippen LogP contribution < -0.4 is 14.8 Å². The molecule has 2 rings (SSSR count). The highest BCUT2D eigenvalue weighted by Gasteiger charge is 2.08. The molecule has 0 aliphatic rings. The Kier molecular flexibility index (Phi) is 4.71. The molecule has 0 radical (unpaired) electrons. The summed E-state index contributed by atoms with van der Waals surface area (Å²) in [6.45, 7) is 0. The van der Waals surface area contributed by atoms with Crippen LogP contribution in [-0.4, -0.2) is 13.5 Å². The van der Waals surface area contributed by atoms with E-state index in [0.29, 0.717) is 29.3 Å². The Morgan fingerprint density at radius 1 is 1.10 bits per heavy atom. The molecule has 0 heterocycles. The van der Waals surface area contributed by atoms with E-state index in [1.54, 1.807) is 18.2 Å². The molecule has 21 heavy (non-hydrogen) atoms. The fourth-order valence-corrected chi connectivity index (χ4v) is 1.74. The summed E-state index contributed by atoms with van der Waals surface area (Å²) >= 11 is 0. The van der Waals surface area contributed by atoms with Crippen molar-refractivity contribution in [2.45, 2.75) is 6.43 Å². The van der Waals surface area contributed by atoms with E-state index in [0.717, 1.165) is 0 Å². The summed E-state index contributed by atoms with van der Waals surface area (Å²) in [6, 6.07) is 10.4. The Hall–Kier alpha value is -2.63. The Balaban J connectivity index is 2.18. The topological polar surface area (TPSA) is 47.6 Å². The zero-order chi connectivity index (χ0) is 15.2. The average Bonchev–Trinajstić information content (AvgIpc) is 2.48. The Labute approximate surface area is 120 Å². The second-order valence-corrected chi connectivity index (χ2v) is 4.10. The van der Waals surface area contributed by atoms with E-state index in [1.807, 2.05) is 0 Å². The van der Waals surface area contributed by atoms with Gasteiger partial charge < -0.3 is 14.8 Å². The van der Waals surface area contributed by atoms with Crippen LogP contribution in [0.1, 0.15) is 12.0 Å². The number of amides is 1. The predicted molar refractivity (Wildman–Crippen MR) is 74.2 cm³/mol. The van der Waals surface area contributed by atoms with E-state index in [1.165, 1.54) is 31.4 Å². The fourth-order valence-electron chi connectivity index (χ4n) is 1.74. The maximum atomic E-state index is 12.5. The summed E-state index contributed by atoms with van der Waals surface area (Å²) in [5.41, 5.74) is 0.384. The number of nitrogens with one attached hydrogen (secondary N) is 1. The van der Waals surface area contributed by atoms with Gasteiger partial charge in [0.1, 0.15) is 17.2 Å². The van der Waals surface area contributed by atoms with Crippen molar-refractivity contribution in [3.8, 4) is 17.2 Å². The maximum Gasteiger partial charge on any atom is 0.263 e. The number of anilines is 1. The minimum atomic E-state index is -2.51. The van der Waals surface area contributed by atoms with Crippen molar-refractivity contribution < 1.29 is 23.0 Å². The van der Waals surface area contributed by atoms with Gasteiger partial charge in [0.2, 0.25) is 6.41 Å². The first-order valence-corrected chi connectivity index (χ1v) is 6.08. The molecule has 110 valence electrons. The van der Waals surface area contributed by atoms with Crippen molar-refractivity contribution in [2.75, 3.05) is 12.4 Å². The standard InChI is InChI=1S/C15H13F2NO3/c1-20-14-7-6-12(8-13(14)18-9-19)21-11-4-2-10(3-5-11)15(16)17/h2-9,15H,1H3,(H,18,19). The van der Waals surface area contributed by atoms with Crippen molar-refractivity contribution in [3.05, 3.63) is 48.0 Å². The number of ether oxygens (including phenoxy) is 2. The van der Waals surface area contributed by atoms with Gasteiger partial charge in [-0.15, -0.1) is 0 Å². The lowest BCUT2D eigenvalue weighted by molar-refractivity contribution is -0.105. The molecule has 6 heteroatoms. The van der Waals surface area contributed by atoms with E-state index in [9.17, 15) is 13.6 Å². The van der Waals surface area contributed by atoms with Crippen molar-refractivity contribution in [2.24, 2.45) is 0 Å². The van der Waals surface area contributed by atoms with Crippen molar-refractivity contribution in [1.82, 2.24) is 0 Å². The average molecular weight is 293 g/mol. The number of rotatable bonds is 6. The minimum Gasteiger partial charge on any atom is -0.495 e. The lowest BCUT2D eigenvalue weighted by Gasteiger charge is -2.11. The number of halogens is 2. The summed E-state index contributed by atoms with van der Waals surface area (Å²) in [6.07, 6.45) is -1.98. The zero-order valence-electron chi connectivity index (χ0n) is 11.2. The molecule has 0 saturated heterocycles. The number of methoxy groups -OCH3 is 1. The Morgan fingerprint density at radius 2 is 1.76 bits per heavy atom. The SMILES string of the molecule is COc1ccc(Oc2ccc(C(F)F)cc2)cc1NC=O. The van der Waals surface area contributed by atoms with Gasteiger partial charge in [-0.1, -0.05) is 0 Å². The van der Waals surface area contributed by atoms with Crippen molar-refractivity contribution in [1.29, 1.82) is 0 Å². The smallest absolute Gasteiger partial charge is 0.263 e. The van der Waals surface area contributed by atoms with Gasteiger partial charge in [-0.3, -0.25) is 4.79 Å². The van der Waals surface area contributed by atoms with Crippen LogP contribution in [0.4, 0.5) is 14.5 Å². The highest BCUT2D eigenvalue weighted by atomic mass is 19.3. The second kappa shape index (κ2) is 6.69. The van der Waals surface area contributed by atoms with Gasteiger partial charge in [0, 0.05) is 11.6 Å². The van der Waals surface area contributed by atoms with E-state index in [2.05, 4.69) is 5.32 Å². The first-order valence-electron chi connectivity index (χ1n) is 6.08. The van der Waals surface area contributed by atoms with Crippen LogP contribution in [0.3, 0.4) is 0 Å². The van der Waals surface area contributed by atoms with Gasteiger partial charge in [-0.05, 0) is 36.4 Å². The van der Waals surface area contributed by atoms with Crippen LogP contribution in [0, 0.1) is 0 Å². The third kappa shape index (κ3) is 3.68. The first kappa shape index (κ1) is 14.8. The van der Waals surface area contributed by atoms with Gasteiger partial charge in [0.05, 0.1) is 12.8 Å². The molecule has 4 nitrogen and oxygen atoms in total. The number of hydrogen-bond donors (Lipinski definition) is 1. The largest absolute Gasteiger partial charge is 0.495 e. The number of alkyl halides is 2. The number of carbonyl (C=O) groups excluding carboxylic acids is 1. The van der Waals surface area contributed by atoms with Gasteiger partial charge in [-0.2, -0.15) is 0 Å². The van der Waals surface area contributed by atoms with E-state index >= 15 is 0 Å². The van der Waals surface area contributed by atoms with Crippen molar-refractivity contribution >= 4 is 12.1 Å². The Morgan fingerprint density at radius 3 is 2.33 bits per heavy atom. The minimum absolute atomic E-state index is 0.0691. The zero-order valence-corrected chi connectivity index (χ0v) is 11.2. The molecule has 0 fully saturated rings. The molecule has 0 aliphatic carbocycles. The van der Waals surface area contributed by atoms with Crippen LogP contribution in [0.2, 0.25) is 0 Å². The molecular formula is C15H13F2NO3. The van der Waals surface area contributed by atoms with E-state index < -0.39 is 6.43 Å². The normalized spacial score (nSPS) is 10.3. The van der Waals surface area contributed by atoms with Crippen LogP contribution in [0.5, 0.6) is 17.2 Å². The number of hydrogen-bond acceptors (Lipinski definition) is 3.